The van der Waals surface area contributed by atoms with Gasteiger partial charge in [-0.25, -0.2) is 4.79 Å². The molecular weight excluding hydrogens is 616 g/mol. The van der Waals surface area contributed by atoms with Crippen LogP contribution in [0.5, 0.6) is 11.5 Å². The SMILES string of the molecule is CO[C@H]1[C@@H](OC)C[C@H](C)CCc2c(O)c(cc(O)c2N=CCN2CCC2)CNC(=O)C(C)=CC=C[C@H](OC)[C@@H](OC(N)=O)C(C)=C[C@@H]1C. The Morgan fingerprint density at radius 1 is 1.15 bits per heavy atom. The molecule has 2 aliphatic heterocycles. The molecule has 6 atom stereocenters. The third-order valence-corrected chi connectivity index (χ3v) is 9.15. The van der Waals surface area contributed by atoms with Gasteiger partial charge in [0.15, 0.2) is 6.10 Å². The maximum absolute atomic E-state index is 13.0. The van der Waals surface area contributed by atoms with Crippen molar-refractivity contribution in [1.82, 2.24) is 10.2 Å². The molecule has 5 N–H and O–H groups in total. The molecular formula is C36H54N4O8. The molecule has 0 saturated carbocycles. The summed E-state index contributed by atoms with van der Waals surface area (Å²) in [6.07, 6.45) is 8.49. The standard InChI is InChI=1S/C36H54N4O8/c1-22-12-13-27-31(38-14-17-40-15-9-16-40)28(41)20-26(32(27)42)21-39-35(43)23(2)10-8-11-29(45-5)34(48-36(37)44)25(4)19-24(3)33(47-7)30(18-22)46-6/h8,10-11,14,19-20,22,24,29-30,33-34,41-42H,9,12-13,15-18,21H2,1-7H3,(H2,37,44)(H,39,43)/t22-,24+,29+,30+,33-,34+/m1/s1. The van der Waals surface area contributed by atoms with Crippen molar-refractivity contribution in [2.45, 2.75) is 84.3 Å². The van der Waals surface area contributed by atoms with Crippen LogP contribution < -0.4 is 11.1 Å². The number of likely N-dealkylation sites (tertiary alicyclic amines) is 1. The Morgan fingerprint density at radius 3 is 2.48 bits per heavy atom. The van der Waals surface area contributed by atoms with E-state index in [-0.39, 0.29) is 48.0 Å². The predicted octanol–water partition coefficient (Wildman–Crippen LogP) is 4.69. The number of nitrogens with one attached hydrogen (secondary N) is 1. The lowest BCUT2D eigenvalue weighted by molar-refractivity contribution is -0.117. The molecule has 1 aromatic rings. The highest BCUT2D eigenvalue weighted by atomic mass is 16.6. The van der Waals surface area contributed by atoms with Crippen LogP contribution in [0.4, 0.5) is 10.5 Å². The number of aromatic hydroxyl groups is 2. The number of carbonyl (C=O) groups excluding carboxylic acids is 2. The molecule has 0 aliphatic carbocycles. The third kappa shape index (κ3) is 10.6. The molecule has 1 fully saturated rings. The van der Waals surface area contributed by atoms with E-state index in [1.54, 1.807) is 45.6 Å². The number of aliphatic imine (C=N–C) groups is 1. The molecule has 266 valence electrons. The second-order valence-electron chi connectivity index (χ2n) is 12.8. The van der Waals surface area contributed by atoms with E-state index in [0.717, 1.165) is 19.5 Å². The number of rotatable bonds is 7. The summed E-state index contributed by atoms with van der Waals surface area (Å²) in [5.74, 6) is -0.450. The summed E-state index contributed by atoms with van der Waals surface area (Å²) in [5, 5.41) is 25.4. The zero-order chi connectivity index (χ0) is 35.4. The number of hydrogen-bond donors (Lipinski definition) is 4. The number of methoxy groups -OCH3 is 3. The molecule has 0 radical (unpaired) electrons. The molecule has 0 aromatic heterocycles. The molecule has 1 saturated heterocycles. The molecule has 0 unspecified atom stereocenters. The molecule has 2 heterocycles. The minimum atomic E-state index is -0.942. The quantitative estimate of drug-likeness (QED) is 0.183. The van der Waals surface area contributed by atoms with Crippen molar-refractivity contribution < 1.29 is 38.7 Å². The van der Waals surface area contributed by atoms with Crippen molar-refractivity contribution in [3.63, 3.8) is 0 Å². The molecule has 3 rings (SSSR count). The Hall–Kier alpha value is -3.71. The normalized spacial score (nSPS) is 26.9. The van der Waals surface area contributed by atoms with E-state index < -0.39 is 18.3 Å². The number of allylic oxidation sites excluding steroid dienone is 2. The molecule has 1 aromatic carbocycles. The van der Waals surface area contributed by atoms with E-state index >= 15 is 0 Å². The molecule has 12 nitrogen and oxygen atoms in total. The van der Waals surface area contributed by atoms with Crippen LogP contribution in [0.1, 0.15) is 58.1 Å². The summed E-state index contributed by atoms with van der Waals surface area (Å²) in [6, 6.07) is 1.45. The molecule has 2 amide bonds. The second kappa shape index (κ2) is 18.7. The van der Waals surface area contributed by atoms with E-state index in [4.69, 9.17) is 24.7 Å². The number of amides is 2. The fourth-order valence-corrected chi connectivity index (χ4v) is 6.22. The first-order valence-corrected chi connectivity index (χ1v) is 16.6. The average molecular weight is 671 g/mol. The average Bonchev–Trinajstić information content (AvgIpc) is 3.02. The lowest BCUT2D eigenvalue weighted by Crippen LogP contribution is -2.38. The number of phenols is 2. The van der Waals surface area contributed by atoms with Gasteiger partial charge in [-0.3, -0.25) is 14.7 Å². The number of benzene rings is 1. The van der Waals surface area contributed by atoms with Gasteiger partial charge in [-0.15, -0.1) is 0 Å². The van der Waals surface area contributed by atoms with Crippen LogP contribution in [0.3, 0.4) is 0 Å². The lowest BCUT2D eigenvalue weighted by atomic mass is 9.88. The van der Waals surface area contributed by atoms with Crippen molar-refractivity contribution in [2.75, 3.05) is 41.0 Å². The summed E-state index contributed by atoms with van der Waals surface area (Å²) in [4.78, 5) is 31.7. The van der Waals surface area contributed by atoms with Crippen molar-refractivity contribution >= 4 is 23.9 Å². The maximum atomic E-state index is 13.0. The van der Waals surface area contributed by atoms with Gasteiger partial charge in [-0.05, 0) is 70.2 Å². The first-order valence-electron chi connectivity index (χ1n) is 16.6. The van der Waals surface area contributed by atoms with E-state index in [1.165, 1.54) is 13.2 Å². The van der Waals surface area contributed by atoms with Crippen molar-refractivity contribution in [1.29, 1.82) is 0 Å². The Bertz CT molecular complexity index is 1370. The van der Waals surface area contributed by atoms with E-state index in [9.17, 15) is 19.8 Å². The first kappa shape index (κ1) is 38.7. The Morgan fingerprint density at radius 2 is 1.88 bits per heavy atom. The number of fused-ring (bicyclic) bond motifs is 2. The zero-order valence-electron chi connectivity index (χ0n) is 29.4. The van der Waals surface area contributed by atoms with E-state index in [2.05, 4.69) is 22.1 Å². The summed E-state index contributed by atoms with van der Waals surface area (Å²) in [7, 11) is 4.79. The number of nitrogens with zero attached hydrogens (tertiary/aromatic N) is 2. The highest BCUT2D eigenvalue weighted by Crippen LogP contribution is 2.41. The molecule has 2 aliphatic rings. The van der Waals surface area contributed by atoms with Crippen molar-refractivity contribution in [2.24, 2.45) is 22.6 Å². The van der Waals surface area contributed by atoms with Crippen molar-refractivity contribution in [3.8, 4) is 11.5 Å². The van der Waals surface area contributed by atoms with Gasteiger partial charge >= 0.3 is 6.09 Å². The van der Waals surface area contributed by atoms with E-state index in [1.807, 2.05) is 19.9 Å². The van der Waals surface area contributed by atoms with Crippen molar-refractivity contribution in [3.05, 3.63) is 52.6 Å². The summed E-state index contributed by atoms with van der Waals surface area (Å²) in [6.45, 7) is 10.3. The lowest BCUT2D eigenvalue weighted by Gasteiger charge is -2.31. The summed E-state index contributed by atoms with van der Waals surface area (Å²) < 4.78 is 23.1. The number of carbonyl (C=O) groups is 2. The smallest absolute Gasteiger partial charge is 0.405 e. The first-order chi connectivity index (χ1) is 22.9. The fourth-order valence-electron chi connectivity index (χ4n) is 6.22. The van der Waals surface area contributed by atoms with Crippen LogP contribution in [0.15, 0.2) is 46.5 Å². The van der Waals surface area contributed by atoms with Gasteiger partial charge in [0.2, 0.25) is 5.91 Å². The number of nitrogens with two attached hydrogens (primary N) is 1. The Kier molecular flexibility index (Phi) is 15.1. The number of primary amides is 1. The highest BCUT2D eigenvalue weighted by molar-refractivity contribution is 5.93. The topological polar surface area (TPSA) is 165 Å². The zero-order valence-corrected chi connectivity index (χ0v) is 29.4. The van der Waals surface area contributed by atoms with Crippen LogP contribution in [0.2, 0.25) is 0 Å². The van der Waals surface area contributed by atoms with Gasteiger partial charge in [-0.2, -0.15) is 0 Å². The van der Waals surface area contributed by atoms with Crippen LogP contribution in [0, 0.1) is 11.8 Å². The maximum Gasteiger partial charge on any atom is 0.405 e. The Balaban J connectivity index is 2.04. The monoisotopic (exact) mass is 670 g/mol. The largest absolute Gasteiger partial charge is 0.507 e. The summed E-state index contributed by atoms with van der Waals surface area (Å²) >= 11 is 0. The van der Waals surface area contributed by atoms with Crippen LogP contribution in [0.25, 0.3) is 0 Å². The van der Waals surface area contributed by atoms with Gasteiger partial charge in [0.25, 0.3) is 0 Å². The van der Waals surface area contributed by atoms with Gasteiger partial charge in [-0.1, -0.05) is 38.2 Å². The van der Waals surface area contributed by atoms with Gasteiger partial charge in [0.05, 0.1) is 12.2 Å². The van der Waals surface area contributed by atoms with Crippen LogP contribution >= 0.6 is 0 Å². The van der Waals surface area contributed by atoms with Gasteiger partial charge < -0.3 is 40.2 Å². The predicted molar refractivity (Wildman–Crippen MR) is 186 cm³/mol. The minimum absolute atomic E-state index is 0.000423. The number of hydrogen-bond acceptors (Lipinski definition) is 10. The molecule has 0 spiro atoms. The van der Waals surface area contributed by atoms with E-state index in [0.29, 0.717) is 53.8 Å². The summed E-state index contributed by atoms with van der Waals surface area (Å²) in [5.41, 5.74) is 7.79. The van der Waals surface area contributed by atoms with Crippen LogP contribution in [-0.2, 0) is 36.7 Å². The van der Waals surface area contributed by atoms with Crippen LogP contribution in [-0.4, -0.2) is 98.7 Å². The number of phenolic OH excluding ortho intramolecular Hbond substituents is 2. The Labute approximate surface area is 284 Å². The minimum Gasteiger partial charge on any atom is -0.507 e. The fraction of sp³-hybridized carbons (Fsp3) is 0.583. The number of ether oxygens (including phenoxy) is 4. The van der Waals surface area contributed by atoms with Gasteiger partial charge in [0.1, 0.15) is 23.3 Å². The molecule has 12 heteroatoms. The molecule has 2 bridgehead atoms. The molecule has 48 heavy (non-hydrogen) atoms. The second-order valence-corrected chi connectivity index (χ2v) is 12.8. The van der Waals surface area contributed by atoms with Gasteiger partial charge in [0, 0.05) is 63.3 Å². The third-order valence-electron chi connectivity index (χ3n) is 9.15. The highest BCUT2D eigenvalue weighted by Gasteiger charge is 2.30.